The van der Waals surface area contributed by atoms with Gasteiger partial charge in [0.1, 0.15) is 13.2 Å². The zero-order valence-electron chi connectivity index (χ0n) is 51.2. The molecule has 0 rings (SSSR count). The summed E-state index contributed by atoms with van der Waals surface area (Å²) in [6.45, 7) is 4.72. The van der Waals surface area contributed by atoms with Gasteiger partial charge in [-0.15, -0.1) is 0 Å². The number of allylic oxidation sites excluding steroid dienone is 13. The van der Waals surface area contributed by atoms with Gasteiger partial charge in [-0.05, 0) is 70.6 Å². The number of nitrogens with one attached hydrogen (secondary N) is 1. The van der Waals surface area contributed by atoms with E-state index in [0.29, 0.717) is 17.4 Å². The third-order valence-corrected chi connectivity index (χ3v) is 15.4. The van der Waals surface area contributed by atoms with Crippen molar-refractivity contribution in [1.82, 2.24) is 5.32 Å². The first kappa shape index (κ1) is 74.7. The Kier molecular flexibility index (Phi) is 56.6. The minimum atomic E-state index is -4.35. The molecule has 3 atom stereocenters. The average Bonchev–Trinajstić information content (AvgIpc) is 3.39. The molecule has 0 fully saturated rings. The summed E-state index contributed by atoms with van der Waals surface area (Å²) in [6.07, 6.45) is 82.9. The molecule has 0 radical (unpaired) electrons. The SMILES string of the molecule is CC/C=C\C/C=C\C/C=C\C/C=C\C/C=C\C/C=C\CCCCCCCCCCCCCCCCCCCCCCCCC(=O)NC(COP(=O)(O)OCC[N+](C)(C)C)C(O)/C=C/CCCCCCCCCCCCCC. The molecule has 0 aliphatic carbocycles. The molecule has 9 heteroatoms. The summed E-state index contributed by atoms with van der Waals surface area (Å²) in [6, 6.07) is -0.847. The Morgan fingerprint density at radius 1 is 0.455 bits per heavy atom. The summed E-state index contributed by atoms with van der Waals surface area (Å²) in [5.74, 6) is -0.175. The maximum atomic E-state index is 13.0. The van der Waals surface area contributed by atoms with Gasteiger partial charge < -0.3 is 19.8 Å². The van der Waals surface area contributed by atoms with Gasteiger partial charge in [0, 0.05) is 6.42 Å². The van der Waals surface area contributed by atoms with Crippen molar-refractivity contribution in [2.24, 2.45) is 0 Å². The van der Waals surface area contributed by atoms with Gasteiger partial charge in [-0.3, -0.25) is 13.8 Å². The van der Waals surface area contributed by atoms with Gasteiger partial charge in [-0.2, -0.15) is 0 Å². The predicted molar refractivity (Wildman–Crippen MR) is 336 cm³/mol. The van der Waals surface area contributed by atoms with Crippen LogP contribution >= 0.6 is 7.82 Å². The maximum absolute atomic E-state index is 13.0. The van der Waals surface area contributed by atoms with Crippen LogP contribution in [0.3, 0.4) is 0 Å². The lowest BCUT2D eigenvalue weighted by molar-refractivity contribution is -0.870. The Morgan fingerprint density at radius 3 is 1.14 bits per heavy atom. The Balaban J connectivity index is 3.91. The summed E-state index contributed by atoms with van der Waals surface area (Å²) < 4.78 is 23.7. The second kappa shape index (κ2) is 58.3. The van der Waals surface area contributed by atoms with Crippen molar-refractivity contribution in [2.45, 2.75) is 302 Å². The van der Waals surface area contributed by atoms with Crippen molar-refractivity contribution in [1.29, 1.82) is 0 Å². The third kappa shape index (κ3) is 61.2. The van der Waals surface area contributed by atoms with Crippen molar-refractivity contribution in [3.05, 3.63) is 85.1 Å². The quantitative estimate of drug-likeness (QED) is 0.0243. The van der Waals surface area contributed by atoms with E-state index >= 15 is 0 Å². The van der Waals surface area contributed by atoms with E-state index in [0.717, 1.165) is 77.0 Å². The lowest BCUT2D eigenvalue weighted by Gasteiger charge is -2.25. The predicted octanol–water partition coefficient (Wildman–Crippen LogP) is 20.4. The zero-order chi connectivity index (χ0) is 56.3. The summed E-state index contributed by atoms with van der Waals surface area (Å²) in [5.41, 5.74) is 0. The van der Waals surface area contributed by atoms with Crippen LogP contribution in [0.15, 0.2) is 85.1 Å². The van der Waals surface area contributed by atoms with Crippen LogP contribution in [0.2, 0.25) is 0 Å². The van der Waals surface area contributed by atoms with E-state index in [1.165, 1.54) is 193 Å². The van der Waals surface area contributed by atoms with E-state index < -0.39 is 20.0 Å². The summed E-state index contributed by atoms with van der Waals surface area (Å²) in [5, 5.41) is 13.9. The number of likely N-dealkylation sites (N-methyl/N-ethyl adjacent to an activating group) is 1. The average molecular weight is 1100 g/mol. The lowest BCUT2D eigenvalue weighted by atomic mass is 10.0. The van der Waals surface area contributed by atoms with Crippen molar-refractivity contribution >= 4 is 13.7 Å². The molecule has 3 unspecified atom stereocenters. The highest BCUT2D eigenvalue weighted by atomic mass is 31.2. The number of rotatable bonds is 59. The largest absolute Gasteiger partial charge is 0.472 e. The van der Waals surface area contributed by atoms with Crippen LogP contribution in [0.25, 0.3) is 0 Å². The fourth-order valence-electron chi connectivity index (χ4n) is 9.34. The molecule has 0 heterocycles. The number of quaternary nitrogens is 1. The van der Waals surface area contributed by atoms with E-state index in [9.17, 15) is 19.4 Å². The fraction of sp³-hybridized carbons (Fsp3) is 0.779. The molecule has 3 N–H and O–H groups in total. The van der Waals surface area contributed by atoms with Gasteiger partial charge >= 0.3 is 7.82 Å². The maximum Gasteiger partial charge on any atom is 0.472 e. The number of hydrogen-bond acceptors (Lipinski definition) is 5. The molecule has 0 aliphatic heterocycles. The summed E-state index contributed by atoms with van der Waals surface area (Å²) in [4.78, 5) is 23.3. The van der Waals surface area contributed by atoms with Gasteiger partial charge in [0.15, 0.2) is 0 Å². The van der Waals surface area contributed by atoms with Crippen molar-refractivity contribution in [3.8, 4) is 0 Å². The molecule has 1 amide bonds. The molecule has 0 aromatic carbocycles. The third-order valence-electron chi connectivity index (χ3n) is 14.4. The molecule has 0 aliphatic rings. The van der Waals surface area contributed by atoms with E-state index in [2.05, 4.69) is 92.1 Å². The first-order valence-corrected chi connectivity index (χ1v) is 34.0. The van der Waals surface area contributed by atoms with Crippen LogP contribution in [0, 0.1) is 0 Å². The number of hydrogen-bond donors (Lipinski definition) is 3. The molecule has 0 aromatic heterocycles. The van der Waals surface area contributed by atoms with Crippen LogP contribution in [0.4, 0.5) is 0 Å². The Hall–Kier alpha value is -2.32. The van der Waals surface area contributed by atoms with Crippen LogP contribution in [0.5, 0.6) is 0 Å². The van der Waals surface area contributed by atoms with Crippen LogP contribution in [0.1, 0.15) is 290 Å². The molecule has 8 nitrogen and oxygen atoms in total. The molecule has 0 bridgehead atoms. The number of aliphatic hydroxyl groups excluding tert-OH is 1. The van der Waals surface area contributed by atoms with Crippen molar-refractivity contribution in [2.75, 3.05) is 40.9 Å². The zero-order valence-corrected chi connectivity index (χ0v) is 52.1. The highest BCUT2D eigenvalue weighted by Crippen LogP contribution is 2.43. The topological polar surface area (TPSA) is 105 Å². The van der Waals surface area contributed by atoms with Gasteiger partial charge in [0.25, 0.3) is 0 Å². The summed E-state index contributed by atoms with van der Waals surface area (Å²) in [7, 11) is 1.58. The first-order valence-electron chi connectivity index (χ1n) is 32.5. The number of carbonyl (C=O) groups is 1. The van der Waals surface area contributed by atoms with Crippen LogP contribution in [-0.2, 0) is 18.4 Å². The highest BCUT2D eigenvalue weighted by Gasteiger charge is 2.28. The lowest BCUT2D eigenvalue weighted by Crippen LogP contribution is -2.45. The molecule has 77 heavy (non-hydrogen) atoms. The standard InChI is InChI=1S/C68H125N2O6P/c1-6-8-10-12-14-16-18-20-22-23-24-25-26-27-28-29-30-31-32-33-34-35-36-37-38-39-40-41-42-43-44-45-46-47-48-50-52-54-56-58-60-62-68(72)69-66(65-76-77(73,74)75-64-63-70(3,4)5)67(71)61-59-57-55-53-51-49-21-19-17-15-13-11-9-7-2/h8,10,14,16,20,22,24-25,27-28,30-31,59,61,66-67,71H,6-7,9,11-13,15,17-19,21,23,26,29,32-58,60,62-65H2,1-5H3,(H-,69,72,73,74)/p+1/b10-8-,16-14-,22-20-,25-24-,28-27-,31-30-,61-59+. The smallest absolute Gasteiger partial charge is 0.387 e. The molecule has 0 saturated heterocycles. The van der Waals surface area contributed by atoms with Gasteiger partial charge in [0.05, 0.1) is 39.9 Å². The number of amides is 1. The van der Waals surface area contributed by atoms with Crippen molar-refractivity contribution in [3.63, 3.8) is 0 Å². The first-order chi connectivity index (χ1) is 37.5. The number of carbonyl (C=O) groups excluding carboxylic acids is 1. The number of unbranched alkanes of at least 4 members (excludes halogenated alkanes) is 34. The van der Waals surface area contributed by atoms with Gasteiger partial charge in [0.2, 0.25) is 5.91 Å². The van der Waals surface area contributed by atoms with Crippen molar-refractivity contribution < 1.29 is 32.9 Å². The Bertz CT molecular complexity index is 1530. The van der Waals surface area contributed by atoms with Gasteiger partial charge in [-0.25, -0.2) is 4.57 Å². The molecule has 448 valence electrons. The molecule has 0 aromatic rings. The molecule has 0 spiro atoms. The van der Waals surface area contributed by atoms with E-state index in [1.54, 1.807) is 6.08 Å². The number of phosphoric acid groups is 1. The minimum Gasteiger partial charge on any atom is -0.387 e. The second-order valence-electron chi connectivity index (χ2n) is 23.1. The molecular weight excluding hydrogens is 972 g/mol. The highest BCUT2D eigenvalue weighted by molar-refractivity contribution is 7.47. The minimum absolute atomic E-state index is 0.0613. The van der Waals surface area contributed by atoms with Crippen LogP contribution in [-0.4, -0.2) is 73.4 Å². The molecular formula is C68H126N2O6P+. The number of aliphatic hydroxyl groups is 1. The second-order valence-corrected chi connectivity index (χ2v) is 24.6. The Labute approximate surface area is 477 Å². The van der Waals surface area contributed by atoms with Crippen LogP contribution < -0.4 is 5.32 Å². The van der Waals surface area contributed by atoms with E-state index in [-0.39, 0.29) is 19.1 Å². The normalized spacial score (nSPS) is 14.3. The van der Waals surface area contributed by atoms with E-state index in [4.69, 9.17) is 9.05 Å². The number of nitrogens with zero attached hydrogens (tertiary/aromatic N) is 1. The summed E-state index contributed by atoms with van der Waals surface area (Å²) >= 11 is 0. The molecule has 0 saturated carbocycles. The number of phosphoric ester groups is 1. The monoisotopic (exact) mass is 1100 g/mol. The fourth-order valence-corrected chi connectivity index (χ4v) is 10.1. The van der Waals surface area contributed by atoms with E-state index in [1.807, 2.05) is 27.2 Å². The Morgan fingerprint density at radius 2 is 0.779 bits per heavy atom. The van der Waals surface area contributed by atoms with Gasteiger partial charge in [-0.1, -0.05) is 298 Å².